The first kappa shape index (κ1) is 23.4. The van der Waals surface area contributed by atoms with E-state index in [4.69, 9.17) is 9.15 Å². The summed E-state index contributed by atoms with van der Waals surface area (Å²) in [6.45, 7) is 1.89. The van der Waals surface area contributed by atoms with E-state index >= 15 is 4.39 Å². The molecule has 2 heterocycles. The summed E-state index contributed by atoms with van der Waals surface area (Å²) in [4.78, 5) is 16.5. The van der Waals surface area contributed by atoms with Gasteiger partial charge in [-0.1, -0.05) is 54.6 Å². The van der Waals surface area contributed by atoms with Crippen molar-refractivity contribution < 1.29 is 23.4 Å². The monoisotopic (exact) mass is 484 g/mol. The number of ether oxygens (including phenoxy) is 1. The second kappa shape index (κ2) is 9.70. The van der Waals surface area contributed by atoms with Crippen LogP contribution in [0, 0.1) is 6.92 Å². The van der Waals surface area contributed by atoms with E-state index in [1.165, 1.54) is 12.1 Å². The predicted molar refractivity (Wildman–Crippen MR) is 135 cm³/mol. The number of carboxylic acids is 1. The molecule has 182 valence electrons. The van der Waals surface area contributed by atoms with Gasteiger partial charge in [0.05, 0.1) is 24.4 Å². The molecule has 0 amide bonds. The van der Waals surface area contributed by atoms with Gasteiger partial charge in [-0.25, -0.2) is 14.2 Å². The Labute approximate surface area is 207 Å². The first-order chi connectivity index (χ1) is 17.5. The maximum atomic E-state index is 15.7. The molecule has 36 heavy (non-hydrogen) atoms. The van der Waals surface area contributed by atoms with Gasteiger partial charge in [-0.05, 0) is 37.3 Å². The molecule has 0 aliphatic heterocycles. The number of hydrogen-bond acceptors (Lipinski definition) is 4. The van der Waals surface area contributed by atoms with E-state index in [9.17, 15) is 9.90 Å². The Bertz CT molecular complexity index is 1490. The van der Waals surface area contributed by atoms with E-state index in [1.54, 1.807) is 29.0 Å². The summed E-state index contributed by atoms with van der Waals surface area (Å²) in [5.41, 5.74) is -0.0320. The van der Waals surface area contributed by atoms with Crippen LogP contribution >= 0.6 is 0 Å². The van der Waals surface area contributed by atoms with Gasteiger partial charge >= 0.3 is 5.97 Å². The lowest BCUT2D eigenvalue weighted by Gasteiger charge is -2.22. The van der Waals surface area contributed by atoms with Gasteiger partial charge in [0.2, 0.25) is 11.6 Å². The van der Waals surface area contributed by atoms with Gasteiger partial charge in [-0.2, -0.15) is 0 Å². The normalized spacial score (nSPS) is 12.9. The van der Waals surface area contributed by atoms with Crippen LogP contribution in [0.25, 0.3) is 22.4 Å². The van der Waals surface area contributed by atoms with Crippen molar-refractivity contribution in [3.05, 3.63) is 108 Å². The average Bonchev–Trinajstić information content (AvgIpc) is 3.48. The fourth-order valence-corrected chi connectivity index (χ4v) is 4.30. The number of fused-ring (bicyclic) bond motifs is 1. The quantitative estimate of drug-likeness (QED) is 0.271. The zero-order chi connectivity index (χ0) is 25.1. The first-order valence-electron chi connectivity index (χ1n) is 11.7. The number of aliphatic carboxylic acids is 1. The summed E-state index contributed by atoms with van der Waals surface area (Å²) in [5, 5.41) is 10.5. The van der Waals surface area contributed by atoms with E-state index in [2.05, 4.69) is 4.98 Å². The van der Waals surface area contributed by atoms with E-state index in [-0.39, 0.29) is 12.1 Å². The fraction of sp³-hybridized carbons (Fsp3) is 0.172. The molecule has 0 bridgehead atoms. The van der Waals surface area contributed by atoms with Gasteiger partial charge in [-0.15, -0.1) is 0 Å². The second-order valence-corrected chi connectivity index (χ2v) is 8.59. The van der Waals surface area contributed by atoms with Crippen LogP contribution in [-0.4, -0.2) is 27.2 Å². The van der Waals surface area contributed by atoms with Crippen LogP contribution in [0.4, 0.5) is 4.39 Å². The van der Waals surface area contributed by atoms with Crippen LogP contribution in [0.3, 0.4) is 0 Å². The van der Waals surface area contributed by atoms with Gasteiger partial charge in [-0.3, -0.25) is 0 Å². The smallest absolute Gasteiger partial charge is 0.348 e. The van der Waals surface area contributed by atoms with Crippen LogP contribution in [0.2, 0.25) is 0 Å². The van der Waals surface area contributed by atoms with Gasteiger partial charge in [0.15, 0.2) is 0 Å². The highest BCUT2D eigenvalue weighted by atomic mass is 19.1. The van der Waals surface area contributed by atoms with Crippen LogP contribution in [0.15, 0.2) is 95.5 Å². The molecule has 5 aromatic rings. The van der Waals surface area contributed by atoms with Crippen molar-refractivity contribution in [2.45, 2.75) is 25.6 Å². The van der Waals surface area contributed by atoms with Crippen molar-refractivity contribution in [3.8, 4) is 17.2 Å². The van der Waals surface area contributed by atoms with Crippen molar-refractivity contribution in [2.24, 2.45) is 0 Å². The Hall–Kier alpha value is -4.39. The molecule has 0 spiro atoms. The van der Waals surface area contributed by atoms with Crippen LogP contribution < -0.4 is 4.74 Å². The largest absolute Gasteiger partial charge is 0.492 e. The van der Waals surface area contributed by atoms with E-state index in [1.807, 2.05) is 61.5 Å². The van der Waals surface area contributed by atoms with Crippen molar-refractivity contribution in [3.63, 3.8) is 0 Å². The summed E-state index contributed by atoms with van der Waals surface area (Å²) in [5.74, 6) is 0.431. The Morgan fingerprint density at radius 2 is 1.75 bits per heavy atom. The minimum absolute atomic E-state index is 0.101. The molecular formula is C29H25FN2O4. The van der Waals surface area contributed by atoms with Crippen LogP contribution in [0.1, 0.15) is 17.0 Å². The molecule has 6 nitrogen and oxygen atoms in total. The lowest BCUT2D eigenvalue weighted by molar-refractivity contribution is -0.152. The molecule has 1 unspecified atom stereocenters. The SMILES string of the molecule is Cc1oc(-c2ccccc2)nc1CCOc1cccc2c1ccn2CC(F)(C(=O)O)c1ccccc1. The summed E-state index contributed by atoms with van der Waals surface area (Å²) in [7, 11) is 0. The highest BCUT2D eigenvalue weighted by Crippen LogP contribution is 2.33. The van der Waals surface area contributed by atoms with Gasteiger partial charge in [0.1, 0.15) is 11.5 Å². The molecule has 7 heteroatoms. The number of rotatable bonds is 9. The molecule has 0 radical (unpaired) electrons. The number of carboxylic acid groups (broad SMARTS) is 1. The number of hydrogen-bond donors (Lipinski definition) is 1. The summed E-state index contributed by atoms with van der Waals surface area (Å²) in [6.07, 6.45) is 2.24. The van der Waals surface area contributed by atoms with Gasteiger partial charge in [0, 0.05) is 29.1 Å². The highest BCUT2D eigenvalue weighted by molar-refractivity contribution is 5.87. The highest BCUT2D eigenvalue weighted by Gasteiger charge is 2.41. The third-order valence-corrected chi connectivity index (χ3v) is 6.24. The molecule has 5 rings (SSSR count). The molecule has 3 aromatic carbocycles. The van der Waals surface area contributed by atoms with Crippen molar-refractivity contribution in [1.82, 2.24) is 9.55 Å². The standard InChI is InChI=1S/C29H25FN2O4/c1-20-24(31-27(36-20)21-9-4-2-5-10-21)16-18-35-26-14-8-13-25-23(26)15-17-32(25)19-29(30,28(33)34)22-11-6-3-7-12-22/h2-15,17H,16,18-19H2,1H3,(H,33,34). The maximum absolute atomic E-state index is 15.7. The number of aromatic nitrogens is 2. The number of benzene rings is 3. The summed E-state index contributed by atoms with van der Waals surface area (Å²) >= 11 is 0. The van der Waals surface area contributed by atoms with E-state index < -0.39 is 11.6 Å². The van der Waals surface area contributed by atoms with Crippen molar-refractivity contribution in [1.29, 1.82) is 0 Å². The Morgan fingerprint density at radius 1 is 1.03 bits per heavy atom. The molecule has 2 aromatic heterocycles. The van der Waals surface area contributed by atoms with Crippen LogP contribution in [-0.2, 0) is 23.4 Å². The third kappa shape index (κ3) is 4.47. The number of aryl methyl sites for hydroxylation is 1. The first-order valence-corrected chi connectivity index (χ1v) is 11.7. The molecule has 1 N–H and O–H groups in total. The summed E-state index contributed by atoms with van der Waals surface area (Å²) < 4.78 is 29.2. The average molecular weight is 485 g/mol. The lowest BCUT2D eigenvalue weighted by Crippen LogP contribution is -2.35. The topological polar surface area (TPSA) is 77.5 Å². The zero-order valence-corrected chi connectivity index (χ0v) is 19.7. The van der Waals surface area contributed by atoms with Crippen molar-refractivity contribution in [2.75, 3.05) is 6.61 Å². The molecule has 1 atom stereocenters. The Morgan fingerprint density at radius 3 is 2.47 bits per heavy atom. The Kier molecular flexibility index (Phi) is 6.29. The molecule has 0 fully saturated rings. The Balaban J connectivity index is 1.33. The molecule has 0 saturated carbocycles. The van der Waals surface area contributed by atoms with Crippen molar-refractivity contribution >= 4 is 16.9 Å². The number of carbonyl (C=O) groups is 1. The van der Waals surface area contributed by atoms with E-state index in [0.717, 1.165) is 22.4 Å². The second-order valence-electron chi connectivity index (χ2n) is 8.59. The number of halogens is 1. The predicted octanol–water partition coefficient (Wildman–Crippen LogP) is 6.18. The minimum atomic E-state index is -2.56. The number of nitrogens with zero attached hydrogens (tertiary/aromatic N) is 2. The third-order valence-electron chi connectivity index (χ3n) is 6.24. The lowest BCUT2D eigenvalue weighted by atomic mass is 9.95. The minimum Gasteiger partial charge on any atom is -0.492 e. The molecule has 0 aliphatic rings. The zero-order valence-electron chi connectivity index (χ0n) is 19.7. The molecular weight excluding hydrogens is 459 g/mol. The fourth-order valence-electron chi connectivity index (χ4n) is 4.30. The van der Waals surface area contributed by atoms with E-state index in [0.29, 0.717) is 30.2 Å². The van der Waals surface area contributed by atoms with Gasteiger partial charge in [0.25, 0.3) is 0 Å². The van der Waals surface area contributed by atoms with Gasteiger partial charge < -0.3 is 18.8 Å². The summed E-state index contributed by atoms with van der Waals surface area (Å²) in [6, 6.07) is 25.0. The van der Waals surface area contributed by atoms with Crippen LogP contribution in [0.5, 0.6) is 5.75 Å². The molecule has 0 saturated heterocycles. The number of oxazole rings is 1. The number of alkyl halides is 1. The maximum Gasteiger partial charge on any atom is 0.348 e. The molecule has 0 aliphatic carbocycles.